The van der Waals surface area contributed by atoms with E-state index in [1.807, 2.05) is 27.0 Å². The molecule has 4 nitrogen and oxygen atoms in total. The lowest BCUT2D eigenvalue weighted by molar-refractivity contribution is 0.342. The standard InChI is InChI=1S/C14H28N4S/c1-9(2)16-13(19-8)17-10(3)12(15)18-11(4)14(5,6)7/h9,11H,1-8H3,(H2,15,18)/t11-/m0/s1. The molecule has 0 radical (unpaired) electrons. The predicted molar refractivity (Wildman–Crippen MR) is 89.7 cm³/mol. The van der Waals surface area contributed by atoms with E-state index in [0.29, 0.717) is 5.84 Å². The van der Waals surface area contributed by atoms with E-state index in [1.165, 1.54) is 11.8 Å². The zero-order chi connectivity index (χ0) is 15.2. The minimum atomic E-state index is 0.0965. The summed E-state index contributed by atoms with van der Waals surface area (Å²) in [6, 6.07) is 0.378. The molecule has 0 aliphatic heterocycles. The van der Waals surface area contributed by atoms with Crippen LogP contribution in [-0.4, -0.2) is 35.1 Å². The molecule has 0 aromatic carbocycles. The molecule has 0 aliphatic carbocycles. The van der Waals surface area contributed by atoms with Gasteiger partial charge in [-0.2, -0.15) is 0 Å². The first-order valence-electron chi connectivity index (χ1n) is 6.58. The maximum absolute atomic E-state index is 6.00. The molecule has 0 saturated carbocycles. The van der Waals surface area contributed by atoms with Gasteiger partial charge in [0.05, 0.1) is 11.8 Å². The molecule has 2 N–H and O–H groups in total. The summed E-state index contributed by atoms with van der Waals surface area (Å²) in [4.78, 5) is 13.4. The van der Waals surface area contributed by atoms with Crippen LogP contribution in [-0.2, 0) is 0 Å². The highest BCUT2D eigenvalue weighted by molar-refractivity contribution is 8.13. The molecule has 0 bridgehead atoms. The Bertz CT molecular complexity index is 375. The molecule has 19 heavy (non-hydrogen) atoms. The minimum Gasteiger partial charge on any atom is -0.382 e. The van der Waals surface area contributed by atoms with Crippen molar-refractivity contribution in [2.75, 3.05) is 6.26 Å². The summed E-state index contributed by atoms with van der Waals surface area (Å²) in [5.41, 5.74) is 6.83. The van der Waals surface area contributed by atoms with Crippen LogP contribution in [0, 0.1) is 5.41 Å². The number of amidine groups is 2. The van der Waals surface area contributed by atoms with E-state index in [1.54, 1.807) is 0 Å². The molecule has 0 aliphatic rings. The van der Waals surface area contributed by atoms with E-state index in [-0.39, 0.29) is 17.5 Å². The molecular weight excluding hydrogens is 256 g/mol. The highest BCUT2D eigenvalue weighted by atomic mass is 32.2. The first-order chi connectivity index (χ1) is 8.57. The topological polar surface area (TPSA) is 63.1 Å². The summed E-state index contributed by atoms with van der Waals surface area (Å²) in [6.07, 6.45) is 1.96. The van der Waals surface area contributed by atoms with E-state index >= 15 is 0 Å². The largest absolute Gasteiger partial charge is 0.382 e. The molecule has 5 heteroatoms. The number of nitrogens with zero attached hydrogens (tertiary/aromatic N) is 3. The summed E-state index contributed by atoms with van der Waals surface area (Å²) < 4.78 is 0. The summed E-state index contributed by atoms with van der Waals surface area (Å²) >= 11 is 1.52. The fourth-order valence-corrected chi connectivity index (χ4v) is 1.59. The normalized spacial score (nSPS) is 17.0. The van der Waals surface area contributed by atoms with Gasteiger partial charge < -0.3 is 5.73 Å². The lowest BCUT2D eigenvalue weighted by atomic mass is 9.88. The highest BCUT2D eigenvalue weighted by Crippen LogP contribution is 2.21. The SMILES string of the molecule is CSC(=NC(C)C)N=C(C)C(N)=N[C@@H](C)C(C)(C)C. The highest BCUT2D eigenvalue weighted by Gasteiger charge is 2.19. The lowest BCUT2D eigenvalue weighted by Gasteiger charge is -2.23. The van der Waals surface area contributed by atoms with Crippen molar-refractivity contribution in [2.24, 2.45) is 26.1 Å². The molecule has 0 fully saturated rings. The maximum Gasteiger partial charge on any atom is 0.183 e. The van der Waals surface area contributed by atoms with Crippen LogP contribution < -0.4 is 5.73 Å². The Morgan fingerprint density at radius 3 is 2.00 bits per heavy atom. The molecular formula is C14H28N4S. The van der Waals surface area contributed by atoms with Gasteiger partial charge in [0.2, 0.25) is 0 Å². The molecule has 0 unspecified atom stereocenters. The third-order valence-electron chi connectivity index (χ3n) is 2.77. The van der Waals surface area contributed by atoms with Gasteiger partial charge in [-0.05, 0) is 39.4 Å². The Morgan fingerprint density at radius 1 is 1.11 bits per heavy atom. The summed E-state index contributed by atoms with van der Waals surface area (Å²) in [6.45, 7) is 14.4. The first-order valence-corrected chi connectivity index (χ1v) is 7.81. The van der Waals surface area contributed by atoms with Crippen molar-refractivity contribution in [2.45, 2.75) is 60.5 Å². The van der Waals surface area contributed by atoms with E-state index in [2.05, 4.69) is 42.7 Å². The van der Waals surface area contributed by atoms with Crippen LogP contribution in [0.25, 0.3) is 0 Å². The zero-order valence-electron chi connectivity index (χ0n) is 13.5. The molecule has 0 aromatic heterocycles. The zero-order valence-corrected chi connectivity index (χ0v) is 14.3. The van der Waals surface area contributed by atoms with Crippen LogP contribution in [0.4, 0.5) is 0 Å². The van der Waals surface area contributed by atoms with Crippen molar-refractivity contribution < 1.29 is 0 Å². The maximum atomic E-state index is 6.00. The molecule has 0 aromatic rings. The monoisotopic (exact) mass is 284 g/mol. The van der Waals surface area contributed by atoms with Gasteiger partial charge in [-0.1, -0.05) is 32.5 Å². The summed E-state index contributed by atoms with van der Waals surface area (Å²) in [7, 11) is 0. The van der Waals surface area contributed by atoms with Gasteiger partial charge in [0.15, 0.2) is 5.17 Å². The third-order valence-corrected chi connectivity index (χ3v) is 3.33. The molecule has 110 valence electrons. The van der Waals surface area contributed by atoms with Gasteiger partial charge in [-0.25, -0.2) is 4.99 Å². The number of rotatable bonds is 3. The van der Waals surface area contributed by atoms with Crippen LogP contribution in [0.5, 0.6) is 0 Å². The van der Waals surface area contributed by atoms with Gasteiger partial charge in [0.1, 0.15) is 5.84 Å². The van der Waals surface area contributed by atoms with Crippen molar-refractivity contribution in [3.05, 3.63) is 0 Å². The van der Waals surface area contributed by atoms with E-state index in [9.17, 15) is 0 Å². The second-order valence-corrected chi connectivity index (χ2v) is 6.74. The average Bonchev–Trinajstić information content (AvgIpc) is 2.25. The van der Waals surface area contributed by atoms with Crippen molar-refractivity contribution in [3.8, 4) is 0 Å². The van der Waals surface area contributed by atoms with E-state index in [4.69, 9.17) is 5.73 Å². The van der Waals surface area contributed by atoms with Crippen molar-refractivity contribution >= 4 is 28.5 Å². The second-order valence-electron chi connectivity index (χ2n) is 5.96. The van der Waals surface area contributed by atoms with Crippen LogP contribution >= 0.6 is 11.8 Å². The van der Waals surface area contributed by atoms with E-state index < -0.39 is 0 Å². The number of nitrogens with two attached hydrogens (primary N) is 1. The van der Waals surface area contributed by atoms with Gasteiger partial charge in [-0.15, -0.1) is 0 Å². The van der Waals surface area contributed by atoms with Crippen LogP contribution in [0.1, 0.15) is 48.5 Å². The average molecular weight is 284 g/mol. The van der Waals surface area contributed by atoms with Gasteiger partial charge >= 0.3 is 0 Å². The fourth-order valence-electron chi connectivity index (χ4n) is 1.04. The first kappa shape index (κ1) is 18.2. The van der Waals surface area contributed by atoms with Crippen molar-refractivity contribution in [1.82, 2.24) is 0 Å². The second kappa shape index (κ2) is 7.68. The minimum absolute atomic E-state index is 0.0965. The van der Waals surface area contributed by atoms with Crippen LogP contribution in [0.2, 0.25) is 0 Å². The Kier molecular flexibility index (Phi) is 7.34. The molecule has 0 saturated heterocycles. The Hall–Kier alpha value is -0.840. The number of hydrogen-bond donors (Lipinski definition) is 1. The van der Waals surface area contributed by atoms with Crippen LogP contribution in [0.3, 0.4) is 0 Å². The molecule has 0 amide bonds. The number of thioether (sulfide) groups is 1. The number of aliphatic imine (C=N–C) groups is 3. The van der Waals surface area contributed by atoms with Crippen LogP contribution in [0.15, 0.2) is 15.0 Å². The van der Waals surface area contributed by atoms with E-state index in [0.717, 1.165) is 10.9 Å². The quantitative estimate of drug-likeness (QED) is 0.638. The fraction of sp³-hybridized carbons (Fsp3) is 0.786. The van der Waals surface area contributed by atoms with Gasteiger partial charge in [0.25, 0.3) is 0 Å². The summed E-state index contributed by atoms with van der Waals surface area (Å²) in [5, 5.41) is 0.745. The van der Waals surface area contributed by atoms with Crippen molar-refractivity contribution in [1.29, 1.82) is 0 Å². The summed E-state index contributed by atoms with van der Waals surface area (Å²) in [5.74, 6) is 0.493. The Labute approximate surface area is 122 Å². The lowest BCUT2D eigenvalue weighted by Crippen LogP contribution is -2.29. The Balaban J connectivity index is 5.09. The molecule has 0 rings (SSSR count). The van der Waals surface area contributed by atoms with Gasteiger partial charge in [0, 0.05) is 6.04 Å². The molecule has 0 spiro atoms. The van der Waals surface area contributed by atoms with Gasteiger partial charge in [-0.3, -0.25) is 9.98 Å². The van der Waals surface area contributed by atoms with Crippen molar-refractivity contribution in [3.63, 3.8) is 0 Å². The Morgan fingerprint density at radius 2 is 1.63 bits per heavy atom. The third kappa shape index (κ3) is 7.35. The molecule has 0 heterocycles. The number of hydrogen-bond acceptors (Lipinski definition) is 3. The molecule has 1 atom stereocenters. The predicted octanol–water partition coefficient (Wildman–Crippen LogP) is 3.37. The smallest absolute Gasteiger partial charge is 0.183 e.